The number of rotatable bonds is 6. The minimum absolute atomic E-state index is 0.589. The van der Waals surface area contributed by atoms with E-state index in [4.69, 9.17) is 13.8 Å². The smallest absolute Gasteiger partial charge is 0.227 e. The Morgan fingerprint density at radius 2 is 1.02 bits per heavy atom. The number of oxazole rings is 1. The maximum atomic E-state index is 6.45. The van der Waals surface area contributed by atoms with Crippen LogP contribution in [-0.4, -0.2) is 9.55 Å². The Balaban J connectivity index is 1.15. The fourth-order valence-corrected chi connectivity index (χ4v) is 7.94. The number of furan rings is 1. The molecule has 0 radical (unpaired) electrons. The second-order valence-corrected chi connectivity index (χ2v) is 13.6. The Kier molecular flexibility index (Phi) is 6.79. The lowest BCUT2D eigenvalue weighted by molar-refractivity contribution is 0.619. The van der Waals surface area contributed by atoms with Crippen LogP contribution < -0.4 is 4.90 Å². The fraction of sp³-hybridized carbons (Fsp3) is 0. The van der Waals surface area contributed by atoms with Crippen molar-refractivity contribution in [1.82, 2.24) is 9.55 Å². The van der Waals surface area contributed by atoms with Gasteiger partial charge >= 0.3 is 0 Å². The number of aromatic nitrogens is 2. The van der Waals surface area contributed by atoms with Gasteiger partial charge in [0.05, 0.1) is 16.4 Å². The first kappa shape index (κ1) is 30.3. The highest BCUT2D eigenvalue weighted by atomic mass is 16.4. The lowest BCUT2D eigenvalue weighted by Gasteiger charge is -2.26. The summed E-state index contributed by atoms with van der Waals surface area (Å²) in [4.78, 5) is 7.36. The Hall–Kier alpha value is -7.37. The predicted molar refractivity (Wildman–Crippen MR) is 221 cm³/mol. The zero-order valence-electron chi connectivity index (χ0n) is 29.1. The van der Waals surface area contributed by atoms with Crippen molar-refractivity contribution in [3.8, 4) is 28.3 Å². The van der Waals surface area contributed by atoms with Gasteiger partial charge in [0, 0.05) is 44.5 Å². The summed E-state index contributed by atoms with van der Waals surface area (Å²) >= 11 is 0. The first-order valence-electron chi connectivity index (χ1n) is 18.1. The molecule has 0 spiro atoms. The molecule has 0 aliphatic rings. The number of fused-ring (bicyclic) bond motifs is 8. The van der Waals surface area contributed by atoms with Gasteiger partial charge in [-0.3, -0.25) is 0 Å². The van der Waals surface area contributed by atoms with Crippen LogP contribution in [0.15, 0.2) is 197 Å². The third-order valence-corrected chi connectivity index (χ3v) is 10.4. The summed E-state index contributed by atoms with van der Waals surface area (Å²) in [5, 5.41) is 4.31. The van der Waals surface area contributed by atoms with E-state index in [9.17, 15) is 0 Å². The first-order chi connectivity index (χ1) is 26.8. The summed E-state index contributed by atoms with van der Waals surface area (Å²) in [7, 11) is 0. The quantitative estimate of drug-likeness (QED) is 0.174. The van der Waals surface area contributed by atoms with Crippen LogP contribution in [0, 0.1) is 0 Å². The van der Waals surface area contributed by atoms with E-state index in [1.165, 1.54) is 21.9 Å². The maximum Gasteiger partial charge on any atom is 0.227 e. The van der Waals surface area contributed by atoms with Gasteiger partial charge in [-0.2, -0.15) is 0 Å². The molecular formula is C49H31N3O2. The first-order valence-corrected chi connectivity index (χ1v) is 18.1. The number of nitrogens with zero attached hydrogens (tertiary/aromatic N) is 3. The minimum Gasteiger partial charge on any atom is -0.456 e. The van der Waals surface area contributed by atoms with Gasteiger partial charge in [0.15, 0.2) is 5.58 Å². The van der Waals surface area contributed by atoms with E-state index in [1.807, 2.05) is 42.5 Å². The van der Waals surface area contributed by atoms with Gasteiger partial charge in [0.2, 0.25) is 5.89 Å². The Labute approximate surface area is 310 Å². The number of anilines is 3. The molecule has 0 aliphatic carbocycles. The molecule has 11 aromatic rings. The molecule has 0 bridgehead atoms. The summed E-state index contributed by atoms with van der Waals surface area (Å²) in [6, 6.07) is 65.8. The lowest BCUT2D eigenvalue weighted by atomic mass is 10.0. The van der Waals surface area contributed by atoms with Crippen LogP contribution in [-0.2, 0) is 0 Å². The van der Waals surface area contributed by atoms with Crippen LogP contribution in [0.3, 0.4) is 0 Å². The molecule has 0 aliphatic heterocycles. The van der Waals surface area contributed by atoms with E-state index in [0.29, 0.717) is 5.89 Å². The summed E-state index contributed by atoms with van der Waals surface area (Å²) in [6.45, 7) is 0. The second-order valence-electron chi connectivity index (χ2n) is 13.6. The molecular weight excluding hydrogens is 663 g/mol. The number of hydrogen-bond donors (Lipinski definition) is 0. The van der Waals surface area contributed by atoms with Gasteiger partial charge in [0.25, 0.3) is 0 Å². The molecule has 0 amide bonds. The number of benzene rings is 8. The number of para-hydroxylation sites is 2. The van der Waals surface area contributed by atoms with Gasteiger partial charge < -0.3 is 18.3 Å². The molecule has 0 unspecified atom stereocenters. The van der Waals surface area contributed by atoms with Crippen molar-refractivity contribution in [3.05, 3.63) is 188 Å². The fourth-order valence-electron chi connectivity index (χ4n) is 7.94. The molecule has 0 saturated carbocycles. The van der Waals surface area contributed by atoms with Crippen molar-refractivity contribution < 1.29 is 8.83 Å². The summed E-state index contributed by atoms with van der Waals surface area (Å²) < 4.78 is 15.1. The molecule has 254 valence electrons. The van der Waals surface area contributed by atoms with Crippen molar-refractivity contribution in [2.45, 2.75) is 0 Å². The van der Waals surface area contributed by atoms with Crippen LogP contribution >= 0.6 is 0 Å². The molecule has 3 aromatic heterocycles. The van der Waals surface area contributed by atoms with Crippen LogP contribution in [0.5, 0.6) is 0 Å². The topological polar surface area (TPSA) is 47.3 Å². The van der Waals surface area contributed by atoms with Crippen molar-refractivity contribution in [2.75, 3.05) is 4.90 Å². The molecule has 5 nitrogen and oxygen atoms in total. The molecule has 3 heterocycles. The van der Waals surface area contributed by atoms with Crippen LogP contribution in [0.25, 0.3) is 83.1 Å². The molecule has 0 N–H and O–H groups in total. The normalized spacial score (nSPS) is 11.7. The molecule has 0 fully saturated rings. The minimum atomic E-state index is 0.589. The summed E-state index contributed by atoms with van der Waals surface area (Å²) in [5.74, 6) is 0.589. The van der Waals surface area contributed by atoms with Gasteiger partial charge in [-0.25, -0.2) is 4.98 Å². The zero-order chi connectivity index (χ0) is 35.6. The molecule has 11 rings (SSSR count). The molecule has 5 heteroatoms. The largest absolute Gasteiger partial charge is 0.456 e. The van der Waals surface area contributed by atoms with Crippen molar-refractivity contribution in [1.29, 1.82) is 0 Å². The van der Waals surface area contributed by atoms with E-state index in [1.54, 1.807) is 0 Å². The molecule has 8 aromatic carbocycles. The monoisotopic (exact) mass is 693 g/mol. The van der Waals surface area contributed by atoms with Gasteiger partial charge in [-0.15, -0.1) is 0 Å². The maximum absolute atomic E-state index is 6.45. The van der Waals surface area contributed by atoms with Crippen LogP contribution in [0.1, 0.15) is 0 Å². The van der Waals surface area contributed by atoms with Crippen molar-refractivity contribution in [2.24, 2.45) is 0 Å². The highest BCUT2D eigenvalue weighted by Gasteiger charge is 2.21. The second kappa shape index (κ2) is 12.1. The SMILES string of the molecule is c1ccc(-c2cccc(N(c3ccc4oc5ccc6oc(-c7ccccc7)nc6c5c4c3)c3ccc4c(c3)c3ccccc3n4-c3ccccc3)c2)cc1. The van der Waals surface area contributed by atoms with E-state index < -0.39 is 0 Å². The molecule has 54 heavy (non-hydrogen) atoms. The molecule has 0 atom stereocenters. The third kappa shape index (κ3) is 4.83. The van der Waals surface area contributed by atoms with Gasteiger partial charge in [-0.1, -0.05) is 97.1 Å². The average molecular weight is 694 g/mol. The van der Waals surface area contributed by atoms with E-state index in [-0.39, 0.29) is 0 Å². The summed E-state index contributed by atoms with van der Waals surface area (Å²) in [5.41, 5.74) is 12.9. The standard InChI is InChI=1S/C49H31N3O2/c1-4-13-32(14-5-1)34-17-12-20-36(29-34)51(37-23-25-43-40(30-37)39-21-10-11-22-42(39)52(43)35-18-8-3-9-19-35)38-24-26-44-41(31-38)47-45(53-44)27-28-46-48(47)50-49(54-46)33-15-6-2-7-16-33/h1-31H. The number of hydrogen-bond acceptors (Lipinski definition) is 4. The lowest BCUT2D eigenvalue weighted by Crippen LogP contribution is -2.10. The van der Waals surface area contributed by atoms with Gasteiger partial charge in [0.1, 0.15) is 16.7 Å². The Morgan fingerprint density at radius 3 is 1.83 bits per heavy atom. The average Bonchev–Trinajstić information content (AvgIpc) is 3.94. The van der Waals surface area contributed by atoms with Crippen LogP contribution in [0.2, 0.25) is 0 Å². The zero-order valence-corrected chi connectivity index (χ0v) is 29.1. The highest BCUT2D eigenvalue weighted by molar-refractivity contribution is 6.18. The Morgan fingerprint density at radius 1 is 0.407 bits per heavy atom. The van der Waals surface area contributed by atoms with Gasteiger partial charge in [-0.05, 0) is 102 Å². The Bertz CT molecular complexity index is 3160. The van der Waals surface area contributed by atoms with Crippen molar-refractivity contribution in [3.63, 3.8) is 0 Å². The summed E-state index contributed by atoms with van der Waals surface area (Å²) in [6.07, 6.45) is 0. The van der Waals surface area contributed by atoms with E-state index in [2.05, 4.69) is 155 Å². The highest BCUT2D eigenvalue weighted by Crippen LogP contribution is 2.43. The third-order valence-electron chi connectivity index (χ3n) is 10.4. The molecule has 0 saturated heterocycles. The van der Waals surface area contributed by atoms with E-state index >= 15 is 0 Å². The van der Waals surface area contributed by atoms with Crippen molar-refractivity contribution >= 4 is 71.9 Å². The van der Waals surface area contributed by atoms with E-state index in [0.717, 1.165) is 72.4 Å². The van der Waals surface area contributed by atoms with Crippen LogP contribution in [0.4, 0.5) is 17.1 Å². The predicted octanol–water partition coefficient (Wildman–Crippen LogP) is 13.6.